The summed E-state index contributed by atoms with van der Waals surface area (Å²) >= 11 is 0. The summed E-state index contributed by atoms with van der Waals surface area (Å²) in [6.07, 6.45) is -0.340. The molecule has 5 heteroatoms. The first-order valence-electron chi connectivity index (χ1n) is 5.82. The van der Waals surface area contributed by atoms with Gasteiger partial charge in [0.25, 0.3) is 5.91 Å². The van der Waals surface area contributed by atoms with Crippen molar-refractivity contribution in [2.75, 3.05) is 40.0 Å². The minimum absolute atomic E-state index is 0.0549. The molecule has 5 nitrogen and oxygen atoms in total. The Labute approximate surface area is 97.1 Å². The molecule has 1 aliphatic rings. The van der Waals surface area contributed by atoms with Crippen molar-refractivity contribution in [1.82, 2.24) is 10.2 Å². The highest BCUT2D eigenvalue weighted by atomic mass is 16.5. The fourth-order valence-corrected chi connectivity index (χ4v) is 1.92. The van der Waals surface area contributed by atoms with Gasteiger partial charge in [0.1, 0.15) is 6.10 Å². The van der Waals surface area contributed by atoms with Crippen LogP contribution >= 0.6 is 0 Å². The van der Waals surface area contributed by atoms with E-state index in [4.69, 9.17) is 9.47 Å². The summed E-state index contributed by atoms with van der Waals surface area (Å²) in [4.78, 5) is 14.0. The summed E-state index contributed by atoms with van der Waals surface area (Å²) in [5.74, 6) is 0.0549. The van der Waals surface area contributed by atoms with Crippen molar-refractivity contribution in [3.05, 3.63) is 0 Å². The zero-order valence-electron chi connectivity index (χ0n) is 10.4. The maximum atomic E-state index is 12.2. The van der Waals surface area contributed by atoms with Crippen molar-refractivity contribution in [3.8, 4) is 0 Å². The largest absolute Gasteiger partial charge is 0.383 e. The summed E-state index contributed by atoms with van der Waals surface area (Å²) < 4.78 is 10.5. The van der Waals surface area contributed by atoms with Crippen LogP contribution in [0.3, 0.4) is 0 Å². The third kappa shape index (κ3) is 3.43. The predicted octanol–water partition coefficient (Wildman–Crippen LogP) is -0.142. The van der Waals surface area contributed by atoms with Gasteiger partial charge in [-0.05, 0) is 13.8 Å². The number of morpholine rings is 1. The maximum absolute atomic E-state index is 12.2. The minimum atomic E-state index is -0.340. The molecule has 0 aromatic carbocycles. The van der Waals surface area contributed by atoms with E-state index >= 15 is 0 Å². The Hall–Kier alpha value is -0.650. The summed E-state index contributed by atoms with van der Waals surface area (Å²) in [5, 5.41) is 3.16. The Morgan fingerprint density at radius 3 is 2.94 bits per heavy atom. The molecule has 94 valence electrons. The number of nitrogens with one attached hydrogen (secondary N) is 1. The normalized spacial score (nSPS) is 22.8. The Kier molecular flexibility index (Phi) is 5.73. The molecule has 1 rings (SSSR count). The van der Waals surface area contributed by atoms with E-state index in [1.807, 2.05) is 13.8 Å². The molecule has 1 fully saturated rings. The quantitative estimate of drug-likeness (QED) is 0.714. The molecule has 0 aromatic heterocycles. The lowest BCUT2D eigenvalue weighted by Crippen LogP contribution is -2.52. The Bertz CT molecular complexity index is 217. The van der Waals surface area contributed by atoms with Crippen molar-refractivity contribution >= 4 is 5.91 Å². The molecule has 0 aliphatic carbocycles. The van der Waals surface area contributed by atoms with Gasteiger partial charge >= 0.3 is 0 Å². The highest BCUT2D eigenvalue weighted by Crippen LogP contribution is 2.07. The molecular formula is C11H22N2O3. The lowest BCUT2D eigenvalue weighted by molar-refractivity contribution is -0.148. The zero-order valence-corrected chi connectivity index (χ0v) is 10.4. The summed E-state index contributed by atoms with van der Waals surface area (Å²) in [7, 11) is 1.65. The van der Waals surface area contributed by atoms with Crippen LogP contribution in [0, 0.1) is 0 Å². The molecule has 1 aliphatic heterocycles. The van der Waals surface area contributed by atoms with Crippen LogP contribution in [0.4, 0.5) is 0 Å². The van der Waals surface area contributed by atoms with Gasteiger partial charge in [0.05, 0.1) is 19.3 Å². The van der Waals surface area contributed by atoms with E-state index in [-0.39, 0.29) is 18.1 Å². The number of carbonyl (C=O) groups excluding carboxylic acids is 1. The lowest BCUT2D eigenvalue weighted by atomic mass is 10.2. The van der Waals surface area contributed by atoms with Crippen molar-refractivity contribution in [2.45, 2.75) is 26.0 Å². The molecule has 1 heterocycles. The van der Waals surface area contributed by atoms with Crippen LogP contribution in [0.15, 0.2) is 0 Å². The fraction of sp³-hybridized carbons (Fsp3) is 0.909. The van der Waals surface area contributed by atoms with Crippen LogP contribution in [-0.2, 0) is 14.3 Å². The van der Waals surface area contributed by atoms with E-state index in [1.54, 1.807) is 12.0 Å². The Morgan fingerprint density at radius 1 is 1.69 bits per heavy atom. The average Bonchev–Trinajstić information content (AvgIpc) is 2.31. The molecule has 1 saturated heterocycles. The van der Waals surface area contributed by atoms with Gasteiger partial charge in [-0.25, -0.2) is 0 Å². The minimum Gasteiger partial charge on any atom is -0.383 e. The van der Waals surface area contributed by atoms with Crippen LogP contribution in [0.2, 0.25) is 0 Å². The second-order valence-electron chi connectivity index (χ2n) is 3.99. The number of carbonyl (C=O) groups is 1. The number of hydrogen-bond acceptors (Lipinski definition) is 4. The molecule has 0 aromatic rings. The number of nitrogens with zero attached hydrogens (tertiary/aromatic N) is 1. The molecule has 0 radical (unpaired) electrons. The summed E-state index contributed by atoms with van der Waals surface area (Å²) in [5.41, 5.74) is 0. The maximum Gasteiger partial charge on any atom is 0.253 e. The van der Waals surface area contributed by atoms with Crippen molar-refractivity contribution < 1.29 is 14.3 Å². The molecule has 1 N–H and O–H groups in total. The first-order valence-corrected chi connectivity index (χ1v) is 5.82. The third-order valence-corrected chi connectivity index (χ3v) is 2.77. The van der Waals surface area contributed by atoms with E-state index in [0.29, 0.717) is 26.3 Å². The highest BCUT2D eigenvalue weighted by Gasteiger charge is 2.28. The first-order chi connectivity index (χ1) is 7.70. The molecular weight excluding hydrogens is 208 g/mol. The lowest BCUT2D eigenvalue weighted by Gasteiger charge is -2.32. The smallest absolute Gasteiger partial charge is 0.253 e. The number of rotatable bonds is 5. The number of amides is 1. The topological polar surface area (TPSA) is 50.8 Å². The SMILES string of the molecule is CCN(C(=O)C1CNCCO1)C(C)COC. The monoisotopic (exact) mass is 230 g/mol. The molecule has 0 spiro atoms. The van der Waals surface area contributed by atoms with E-state index in [2.05, 4.69) is 5.32 Å². The van der Waals surface area contributed by atoms with E-state index in [0.717, 1.165) is 6.54 Å². The van der Waals surface area contributed by atoms with Gasteiger partial charge in [-0.15, -0.1) is 0 Å². The molecule has 2 unspecified atom stereocenters. The number of methoxy groups -OCH3 is 1. The molecule has 0 bridgehead atoms. The van der Waals surface area contributed by atoms with Gasteiger partial charge in [-0.3, -0.25) is 4.79 Å². The van der Waals surface area contributed by atoms with Gasteiger partial charge in [0, 0.05) is 26.7 Å². The zero-order chi connectivity index (χ0) is 12.0. The van der Waals surface area contributed by atoms with Crippen LogP contribution in [0.25, 0.3) is 0 Å². The van der Waals surface area contributed by atoms with Crippen LogP contribution < -0.4 is 5.32 Å². The highest BCUT2D eigenvalue weighted by molar-refractivity contribution is 5.81. The van der Waals surface area contributed by atoms with Gasteiger partial charge in [0.2, 0.25) is 0 Å². The number of likely N-dealkylation sites (N-methyl/N-ethyl adjacent to an activating group) is 1. The van der Waals surface area contributed by atoms with Gasteiger partial charge in [-0.2, -0.15) is 0 Å². The standard InChI is InChI=1S/C11H22N2O3/c1-4-13(9(2)8-15-3)11(14)10-7-12-5-6-16-10/h9-10,12H,4-8H2,1-3H3. The first kappa shape index (κ1) is 13.4. The van der Waals surface area contributed by atoms with Crippen LogP contribution in [0.5, 0.6) is 0 Å². The van der Waals surface area contributed by atoms with Gasteiger partial charge in [0.15, 0.2) is 0 Å². The third-order valence-electron chi connectivity index (χ3n) is 2.77. The van der Waals surface area contributed by atoms with E-state index in [1.165, 1.54) is 0 Å². The molecule has 16 heavy (non-hydrogen) atoms. The van der Waals surface area contributed by atoms with Crippen molar-refractivity contribution in [3.63, 3.8) is 0 Å². The second-order valence-corrected chi connectivity index (χ2v) is 3.99. The molecule has 2 atom stereocenters. The molecule has 1 amide bonds. The van der Waals surface area contributed by atoms with Crippen LogP contribution in [0.1, 0.15) is 13.8 Å². The molecule has 0 saturated carbocycles. The second kappa shape index (κ2) is 6.83. The fourth-order valence-electron chi connectivity index (χ4n) is 1.92. The van der Waals surface area contributed by atoms with Crippen molar-refractivity contribution in [1.29, 1.82) is 0 Å². The number of ether oxygens (including phenoxy) is 2. The van der Waals surface area contributed by atoms with Gasteiger partial charge in [-0.1, -0.05) is 0 Å². The van der Waals surface area contributed by atoms with Crippen molar-refractivity contribution in [2.24, 2.45) is 0 Å². The summed E-state index contributed by atoms with van der Waals surface area (Å²) in [6, 6.07) is 0.0908. The predicted molar refractivity (Wildman–Crippen MR) is 61.3 cm³/mol. The summed E-state index contributed by atoms with van der Waals surface area (Å²) in [6.45, 7) is 7.23. The Morgan fingerprint density at radius 2 is 2.44 bits per heavy atom. The Balaban J connectivity index is 2.53. The number of hydrogen-bond donors (Lipinski definition) is 1. The van der Waals surface area contributed by atoms with Gasteiger partial charge < -0.3 is 19.7 Å². The van der Waals surface area contributed by atoms with E-state index in [9.17, 15) is 4.79 Å². The van der Waals surface area contributed by atoms with E-state index < -0.39 is 0 Å². The van der Waals surface area contributed by atoms with Crippen LogP contribution in [-0.4, -0.2) is 62.9 Å². The average molecular weight is 230 g/mol.